The van der Waals surface area contributed by atoms with Crippen LogP contribution in [0.2, 0.25) is 0 Å². The number of para-hydroxylation sites is 1. The number of anilines is 4. The second kappa shape index (κ2) is 11.5. The number of hydrogen-bond donors (Lipinski definition) is 4. The molecule has 1 aromatic carbocycles. The molecular formula is C30H34N12O2. The highest BCUT2D eigenvalue weighted by Gasteiger charge is 2.27. The number of carbonyl (C=O) groups excluding carboxylic acids is 1. The fourth-order valence-corrected chi connectivity index (χ4v) is 5.36. The van der Waals surface area contributed by atoms with E-state index in [-0.39, 0.29) is 18.6 Å². The van der Waals surface area contributed by atoms with Crippen molar-refractivity contribution in [3.05, 3.63) is 54.2 Å². The second-order valence-electron chi connectivity index (χ2n) is 11.4. The van der Waals surface area contributed by atoms with E-state index in [0.717, 1.165) is 59.2 Å². The number of nitrogens with one attached hydrogen (secondary N) is 4. The summed E-state index contributed by atoms with van der Waals surface area (Å²) in [6, 6.07) is 8.54. The van der Waals surface area contributed by atoms with E-state index in [1.54, 1.807) is 10.9 Å². The zero-order valence-electron chi connectivity index (χ0n) is 24.8. The van der Waals surface area contributed by atoms with Gasteiger partial charge >= 0.3 is 6.01 Å². The largest absolute Gasteiger partial charge is 0.459 e. The van der Waals surface area contributed by atoms with E-state index >= 15 is 0 Å². The maximum Gasteiger partial charge on any atom is 0.321 e. The zero-order chi connectivity index (χ0) is 30.2. The monoisotopic (exact) mass is 594 g/mol. The van der Waals surface area contributed by atoms with Gasteiger partial charge in [0.05, 0.1) is 23.4 Å². The van der Waals surface area contributed by atoms with Crippen LogP contribution in [0.4, 0.5) is 23.4 Å². The van der Waals surface area contributed by atoms with Crippen LogP contribution in [0.15, 0.2) is 43.0 Å². The van der Waals surface area contributed by atoms with Crippen LogP contribution >= 0.6 is 0 Å². The standard InChI is InChI=1S/C30H34N12O2/c1-17-12-32-28(37-24-11-18(2)41(3)40-24)38-26(17)22-13-31-27-21(22)5-4-6-23(27)36-25(43)15-42-10-9-20(14-42)44-30-34-16-33-29(39-30)35-19-7-8-19/h4-6,11-13,16,19-20,31H,7-10,14-15H2,1-3H3,(H,36,43)(H,32,37,38,40)(H,33,34,35,39). The Kier molecular flexibility index (Phi) is 7.26. The zero-order valence-corrected chi connectivity index (χ0v) is 24.8. The number of benzene rings is 1. The van der Waals surface area contributed by atoms with Gasteiger partial charge in [0.1, 0.15) is 12.4 Å². The molecule has 5 heterocycles. The Labute approximate surface area is 253 Å². The minimum atomic E-state index is -0.0965. The summed E-state index contributed by atoms with van der Waals surface area (Å²) in [4.78, 5) is 40.5. The van der Waals surface area contributed by atoms with Gasteiger partial charge in [0.2, 0.25) is 17.8 Å². The number of nitrogens with zero attached hydrogens (tertiary/aromatic N) is 8. The molecule has 4 N–H and O–H groups in total. The Morgan fingerprint density at radius 1 is 1.11 bits per heavy atom. The molecule has 44 heavy (non-hydrogen) atoms. The minimum Gasteiger partial charge on any atom is -0.459 e. The number of likely N-dealkylation sites (tertiary alicyclic amines) is 1. The van der Waals surface area contributed by atoms with Crippen molar-refractivity contribution in [2.45, 2.75) is 45.3 Å². The molecule has 7 rings (SSSR count). The average molecular weight is 595 g/mol. The number of hydrogen-bond acceptors (Lipinski definition) is 11. The van der Waals surface area contributed by atoms with Crippen molar-refractivity contribution in [1.82, 2.24) is 44.6 Å². The summed E-state index contributed by atoms with van der Waals surface area (Å²) >= 11 is 0. The van der Waals surface area contributed by atoms with E-state index in [1.807, 2.05) is 51.4 Å². The van der Waals surface area contributed by atoms with Gasteiger partial charge in [-0.3, -0.25) is 14.4 Å². The third-order valence-electron chi connectivity index (χ3n) is 7.90. The molecule has 1 saturated carbocycles. The van der Waals surface area contributed by atoms with E-state index < -0.39 is 0 Å². The molecule has 14 heteroatoms. The molecular weight excluding hydrogens is 560 g/mol. The average Bonchev–Trinajstić information content (AvgIpc) is 3.37. The molecule has 1 amide bonds. The van der Waals surface area contributed by atoms with Crippen LogP contribution in [0.25, 0.3) is 22.2 Å². The lowest BCUT2D eigenvalue weighted by Crippen LogP contribution is -2.33. The minimum absolute atomic E-state index is 0.0921. The third kappa shape index (κ3) is 6.01. The van der Waals surface area contributed by atoms with Gasteiger partial charge in [-0.05, 0) is 44.7 Å². The maximum absolute atomic E-state index is 13.1. The van der Waals surface area contributed by atoms with Gasteiger partial charge in [-0.25, -0.2) is 15.0 Å². The van der Waals surface area contributed by atoms with Crippen molar-refractivity contribution in [2.24, 2.45) is 7.05 Å². The molecule has 1 aliphatic carbocycles. The Hall–Kier alpha value is -5.11. The normalized spacial score (nSPS) is 16.8. The molecule has 14 nitrogen and oxygen atoms in total. The number of aromatic amines is 1. The number of aryl methyl sites for hydroxylation is 3. The number of ether oxygens (including phenoxy) is 1. The number of H-pyrrole nitrogens is 1. The van der Waals surface area contributed by atoms with E-state index in [1.165, 1.54) is 6.33 Å². The maximum atomic E-state index is 13.1. The smallest absolute Gasteiger partial charge is 0.321 e. The number of fused-ring (bicyclic) bond motifs is 1. The molecule has 2 aliphatic rings. The highest BCUT2D eigenvalue weighted by atomic mass is 16.5. The predicted octanol–water partition coefficient (Wildman–Crippen LogP) is 3.57. The lowest BCUT2D eigenvalue weighted by molar-refractivity contribution is -0.117. The van der Waals surface area contributed by atoms with Crippen molar-refractivity contribution < 1.29 is 9.53 Å². The number of carbonyl (C=O) groups is 1. The summed E-state index contributed by atoms with van der Waals surface area (Å²) in [6.45, 7) is 5.58. The summed E-state index contributed by atoms with van der Waals surface area (Å²) in [5.41, 5.74) is 5.21. The van der Waals surface area contributed by atoms with Gasteiger partial charge in [0, 0.05) is 61.3 Å². The topological polar surface area (TPSA) is 164 Å². The first-order valence-electron chi connectivity index (χ1n) is 14.7. The van der Waals surface area contributed by atoms with Crippen LogP contribution in [0.1, 0.15) is 30.5 Å². The number of aromatic nitrogens is 8. The van der Waals surface area contributed by atoms with Crippen LogP contribution in [0, 0.1) is 13.8 Å². The van der Waals surface area contributed by atoms with Gasteiger partial charge in [-0.15, -0.1) is 0 Å². The van der Waals surface area contributed by atoms with Crippen molar-refractivity contribution in [2.75, 3.05) is 35.6 Å². The quantitative estimate of drug-likeness (QED) is 0.187. The molecule has 4 aromatic heterocycles. The fourth-order valence-electron chi connectivity index (χ4n) is 5.36. The molecule has 1 saturated heterocycles. The molecule has 0 radical (unpaired) electrons. The third-order valence-corrected chi connectivity index (χ3v) is 7.90. The van der Waals surface area contributed by atoms with Gasteiger partial charge < -0.3 is 25.7 Å². The first kappa shape index (κ1) is 27.7. The van der Waals surface area contributed by atoms with Crippen LogP contribution < -0.4 is 20.7 Å². The lowest BCUT2D eigenvalue weighted by Gasteiger charge is -2.16. The summed E-state index contributed by atoms with van der Waals surface area (Å²) in [5.74, 6) is 1.59. The van der Waals surface area contributed by atoms with E-state index in [0.29, 0.717) is 42.0 Å². The van der Waals surface area contributed by atoms with E-state index in [4.69, 9.17) is 9.72 Å². The van der Waals surface area contributed by atoms with Crippen molar-refractivity contribution in [3.8, 4) is 17.3 Å². The Balaban J connectivity index is 1.00. The molecule has 0 bridgehead atoms. The first-order chi connectivity index (χ1) is 21.4. The van der Waals surface area contributed by atoms with Crippen LogP contribution in [0.5, 0.6) is 6.01 Å². The Morgan fingerprint density at radius 2 is 2.00 bits per heavy atom. The molecule has 226 valence electrons. The van der Waals surface area contributed by atoms with Gasteiger partial charge in [0.25, 0.3) is 0 Å². The molecule has 1 unspecified atom stereocenters. The van der Waals surface area contributed by atoms with Gasteiger partial charge in [0.15, 0.2) is 5.82 Å². The van der Waals surface area contributed by atoms with Crippen LogP contribution in [-0.2, 0) is 11.8 Å². The summed E-state index contributed by atoms with van der Waals surface area (Å²) in [5, 5.41) is 14.9. The van der Waals surface area contributed by atoms with Gasteiger partial charge in [-0.2, -0.15) is 15.1 Å². The lowest BCUT2D eigenvalue weighted by atomic mass is 10.1. The summed E-state index contributed by atoms with van der Waals surface area (Å²) < 4.78 is 7.80. The predicted molar refractivity (Wildman–Crippen MR) is 166 cm³/mol. The second-order valence-corrected chi connectivity index (χ2v) is 11.4. The summed E-state index contributed by atoms with van der Waals surface area (Å²) in [7, 11) is 1.89. The molecule has 5 aromatic rings. The van der Waals surface area contributed by atoms with Crippen molar-refractivity contribution >= 4 is 40.2 Å². The Bertz CT molecular complexity index is 1810. The first-order valence-corrected chi connectivity index (χ1v) is 14.7. The van der Waals surface area contributed by atoms with E-state index in [9.17, 15) is 4.79 Å². The SMILES string of the molecule is Cc1cnc(Nc2cc(C)n(C)n2)nc1-c1c[nH]c2c(NC(=O)CN3CCC(Oc4ncnc(NC5CC5)n4)C3)cccc12. The Morgan fingerprint density at radius 3 is 2.82 bits per heavy atom. The molecule has 2 fully saturated rings. The van der Waals surface area contributed by atoms with E-state index in [2.05, 4.69) is 50.9 Å². The molecule has 1 atom stereocenters. The highest BCUT2D eigenvalue weighted by molar-refractivity contribution is 6.06. The molecule has 0 spiro atoms. The van der Waals surface area contributed by atoms with Crippen LogP contribution in [0.3, 0.4) is 0 Å². The van der Waals surface area contributed by atoms with Crippen LogP contribution in [-0.4, -0.2) is 82.3 Å². The van der Waals surface area contributed by atoms with Crippen molar-refractivity contribution in [3.63, 3.8) is 0 Å². The summed E-state index contributed by atoms with van der Waals surface area (Å²) in [6.07, 6.45) is 8.13. The number of amides is 1. The van der Waals surface area contributed by atoms with Crippen molar-refractivity contribution in [1.29, 1.82) is 0 Å². The number of rotatable bonds is 10. The fraction of sp³-hybridized carbons (Fsp3) is 0.367. The highest BCUT2D eigenvalue weighted by Crippen LogP contribution is 2.33. The molecule has 1 aliphatic heterocycles. The van der Waals surface area contributed by atoms with Gasteiger partial charge in [-0.1, -0.05) is 12.1 Å².